The fourth-order valence-corrected chi connectivity index (χ4v) is 4.93. The van der Waals surface area contributed by atoms with Crippen molar-refractivity contribution in [2.75, 3.05) is 24.7 Å². The van der Waals surface area contributed by atoms with Crippen LogP contribution in [0.2, 0.25) is 0 Å². The van der Waals surface area contributed by atoms with Crippen molar-refractivity contribution in [1.29, 1.82) is 0 Å². The number of imide groups is 1. The van der Waals surface area contributed by atoms with Crippen LogP contribution in [0.3, 0.4) is 0 Å². The van der Waals surface area contributed by atoms with Gasteiger partial charge in [-0.2, -0.15) is 0 Å². The quantitative estimate of drug-likeness (QED) is 0.777. The van der Waals surface area contributed by atoms with Crippen LogP contribution in [0.5, 0.6) is 0 Å². The summed E-state index contributed by atoms with van der Waals surface area (Å²) < 4.78 is 5.32. The first-order chi connectivity index (χ1) is 11.6. The Labute approximate surface area is 149 Å². The Balaban J connectivity index is 1.81. The Morgan fingerprint density at radius 2 is 1.83 bits per heavy atom. The highest BCUT2D eigenvalue weighted by molar-refractivity contribution is 8.16. The highest BCUT2D eigenvalue weighted by Gasteiger charge is 2.17. The molecule has 130 valence electrons. The first-order valence-corrected chi connectivity index (χ1v) is 9.78. The Morgan fingerprint density at radius 1 is 1.17 bits per heavy atom. The number of nitrogens with one attached hydrogen (secondary N) is 2. The van der Waals surface area contributed by atoms with Gasteiger partial charge in [-0.25, -0.2) is 9.59 Å². The lowest BCUT2D eigenvalue weighted by Crippen LogP contribution is -2.41. The summed E-state index contributed by atoms with van der Waals surface area (Å²) in [6.07, 6.45) is 1.23. The van der Waals surface area contributed by atoms with Crippen LogP contribution in [0, 0.1) is 0 Å². The molecule has 8 heteroatoms. The predicted molar refractivity (Wildman–Crippen MR) is 96.2 cm³/mol. The van der Waals surface area contributed by atoms with E-state index in [4.69, 9.17) is 4.74 Å². The third kappa shape index (κ3) is 5.76. The number of carbonyl (C=O) groups is 3. The van der Waals surface area contributed by atoms with Gasteiger partial charge in [-0.1, -0.05) is 12.1 Å². The molecule has 6 nitrogen and oxygen atoms in total. The van der Waals surface area contributed by atoms with E-state index in [0.717, 1.165) is 11.5 Å². The molecule has 0 spiro atoms. The molecular formula is C16H20N2O4S2. The molecule has 0 aromatic heterocycles. The number of rotatable bonds is 5. The second kappa shape index (κ2) is 9.58. The zero-order valence-corrected chi connectivity index (χ0v) is 15.0. The molecule has 1 fully saturated rings. The first-order valence-electron chi connectivity index (χ1n) is 7.68. The van der Waals surface area contributed by atoms with Gasteiger partial charge in [0, 0.05) is 6.54 Å². The van der Waals surface area contributed by atoms with Gasteiger partial charge in [0.25, 0.3) is 5.91 Å². The number of benzene rings is 1. The molecule has 1 saturated heterocycles. The van der Waals surface area contributed by atoms with Crippen molar-refractivity contribution in [3.05, 3.63) is 35.4 Å². The van der Waals surface area contributed by atoms with Crippen molar-refractivity contribution in [1.82, 2.24) is 10.6 Å². The number of carbonyl (C=O) groups excluding carboxylic acids is 3. The van der Waals surface area contributed by atoms with Gasteiger partial charge in [-0.3, -0.25) is 10.1 Å². The lowest BCUT2D eigenvalue weighted by Gasteiger charge is -2.21. The average Bonchev–Trinajstić information content (AvgIpc) is 2.61. The van der Waals surface area contributed by atoms with E-state index in [-0.39, 0.29) is 0 Å². The normalized spacial score (nSPS) is 14.7. The monoisotopic (exact) mass is 368 g/mol. The third-order valence-electron chi connectivity index (χ3n) is 3.17. The summed E-state index contributed by atoms with van der Waals surface area (Å²) in [6, 6.07) is 6.64. The third-order valence-corrected chi connectivity index (χ3v) is 6.19. The van der Waals surface area contributed by atoms with Crippen molar-refractivity contribution >= 4 is 41.4 Å². The van der Waals surface area contributed by atoms with Crippen LogP contribution < -0.4 is 10.6 Å². The fraction of sp³-hybridized carbons (Fsp3) is 0.438. The van der Waals surface area contributed by atoms with Gasteiger partial charge in [0.15, 0.2) is 6.61 Å². The highest BCUT2D eigenvalue weighted by Crippen LogP contribution is 2.43. The Morgan fingerprint density at radius 3 is 2.46 bits per heavy atom. The number of thioether (sulfide) groups is 2. The molecule has 1 aromatic carbocycles. The number of ether oxygens (including phenoxy) is 1. The van der Waals surface area contributed by atoms with E-state index in [2.05, 4.69) is 10.6 Å². The van der Waals surface area contributed by atoms with Gasteiger partial charge < -0.3 is 10.1 Å². The zero-order valence-electron chi connectivity index (χ0n) is 13.4. The summed E-state index contributed by atoms with van der Waals surface area (Å²) >= 11 is 3.82. The largest absolute Gasteiger partial charge is 0.452 e. The van der Waals surface area contributed by atoms with E-state index in [0.29, 0.717) is 16.7 Å². The molecule has 1 aromatic rings. The van der Waals surface area contributed by atoms with E-state index in [1.54, 1.807) is 19.1 Å². The minimum atomic E-state index is -0.666. The van der Waals surface area contributed by atoms with Crippen molar-refractivity contribution < 1.29 is 19.1 Å². The van der Waals surface area contributed by atoms with Gasteiger partial charge >= 0.3 is 12.0 Å². The van der Waals surface area contributed by atoms with Crippen molar-refractivity contribution in [2.45, 2.75) is 17.9 Å². The van der Waals surface area contributed by atoms with Crippen LogP contribution in [-0.2, 0) is 9.53 Å². The maximum absolute atomic E-state index is 11.9. The minimum absolute atomic E-state index is 0.385. The minimum Gasteiger partial charge on any atom is -0.452 e. The van der Waals surface area contributed by atoms with Gasteiger partial charge in [-0.15, -0.1) is 23.5 Å². The molecule has 3 amide bonds. The van der Waals surface area contributed by atoms with Crippen molar-refractivity contribution in [3.8, 4) is 0 Å². The molecule has 0 bridgehead atoms. The average molecular weight is 368 g/mol. The fourth-order valence-electron chi connectivity index (χ4n) is 2.04. The van der Waals surface area contributed by atoms with Crippen LogP contribution in [0.25, 0.3) is 0 Å². The second-order valence-corrected chi connectivity index (χ2v) is 7.76. The number of hydrogen-bond acceptors (Lipinski definition) is 6. The van der Waals surface area contributed by atoms with Gasteiger partial charge in [0.1, 0.15) is 0 Å². The van der Waals surface area contributed by atoms with Crippen molar-refractivity contribution in [2.24, 2.45) is 0 Å². The Hall–Kier alpha value is -1.67. The number of urea groups is 1. The molecule has 0 atom stereocenters. The summed E-state index contributed by atoms with van der Waals surface area (Å²) in [5.74, 6) is 1.06. The molecule has 24 heavy (non-hydrogen) atoms. The zero-order chi connectivity index (χ0) is 17.4. The molecule has 0 aliphatic carbocycles. The lowest BCUT2D eigenvalue weighted by atomic mass is 10.1. The molecule has 0 radical (unpaired) electrons. The number of hydrogen-bond donors (Lipinski definition) is 2. The lowest BCUT2D eigenvalue weighted by molar-refractivity contribution is -0.123. The van der Waals surface area contributed by atoms with Crippen molar-refractivity contribution in [3.63, 3.8) is 0 Å². The van der Waals surface area contributed by atoms with E-state index in [1.165, 1.54) is 12.0 Å². The van der Waals surface area contributed by atoms with E-state index >= 15 is 0 Å². The number of esters is 1. The molecule has 2 N–H and O–H groups in total. The van der Waals surface area contributed by atoms with Crippen LogP contribution in [0.1, 0.15) is 33.8 Å². The molecular weight excluding hydrogens is 348 g/mol. The topological polar surface area (TPSA) is 84.5 Å². The van der Waals surface area contributed by atoms with E-state index in [9.17, 15) is 14.4 Å². The molecule has 1 heterocycles. The van der Waals surface area contributed by atoms with Gasteiger partial charge in [-0.05, 0) is 42.5 Å². The summed E-state index contributed by atoms with van der Waals surface area (Å²) in [5.41, 5.74) is 1.56. The molecule has 0 unspecified atom stereocenters. The van der Waals surface area contributed by atoms with Crippen LogP contribution in [0.15, 0.2) is 24.3 Å². The second-order valence-electron chi connectivity index (χ2n) is 5.03. The summed E-state index contributed by atoms with van der Waals surface area (Å²) in [5, 5.41) is 4.49. The SMILES string of the molecule is CCNC(=O)NC(=O)COC(=O)c1ccc(C2SCCCS2)cc1. The van der Waals surface area contributed by atoms with Crippen LogP contribution in [-0.4, -0.2) is 42.6 Å². The van der Waals surface area contributed by atoms with Gasteiger partial charge in [0.2, 0.25) is 0 Å². The van der Waals surface area contributed by atoms with Crippen LogP contribution in [0.4, 0.5) is 4.79 Å². The maximum Gasteiger partial charge on any atom is 0.338 e. The first kappa shape index (κ1) is 18.7. The van der Waals surface area contributed by atoms with E-state index < -0.39 is 24.5 Å². The summed E-state index contributed by atoms with van der Waals surface area (Å²) in [7, 11) is 0. The van der Waals surface area contributed by atoms with Gasteiger partial charge in [0.05, 0.1) is 10.1 Å². The predicted octanol–water partition coefficient (Wildman–Crippen LogP) is 2.56. The Kier molecular flexibility index (Phi) is 7.45. The maximum atomic E-state index is 11.9. The Bertz CT molecular complexity index is 586. The summed E-state index contributed by atoms with van der Waals surface area (Å²) in [6.45, 7) is 1.65. The molecule has 1 aliphatic heterocycles. The number of amides is 3. The smallest absolute Gasteiger partial charge is 0.338 e. The standard InChI is InChI=1S/C16H20N2O4S2/c1-2-17-16(21)18-13(19)10-22-14(20)11-4-6-12(7-5-11)15-23-8-3-9-24-15/h4-7,15H,2-3,8-10H2,1H3,(H2,17,18,19,21). The highest BCUT2D eigenvalue weighted by atomic mass is 32.2. The molecule has 1 aliphatic rings. The molecule has 0 saturated carbocycles. The van der Waals surface area contributed by atoms with E-state index in [1.807, 2.05) is 35.7 Å². The van der Waals surface area contributed by atoms with Crippen LogP contribution >= 0.6 is 23.5 Å². The summed E-state index contributed by atoms with van der Waals surface area (Å²) in [4.78, 5) is 34.6. The molecule has 2 rings (SSSR count).